The standard InChI is InChI=1S/C33H39N3O2/c1-23(2)33(37)34-27-12-7-11-26(21-27)24-16-19-36(20-17-24)18-8-13-29-30-22-28(38-3)14-15-31(30)35-32(29)25-9-5-4-6-10-25/h4-7,9-12,14-15,21-24,35H,8,13,16-20H2,1-3H3,(H,34,37). The third kappa shape index (κ3) is 5.94. The Bertz CT molecular complexity index is 1370. The van der Waals surface area contributed by atoms with E-state index < -0.39 is 0 Å². The number of hydrogen-bond donors (Lipinski definition) is 2. The number of carbonyl (C=O) groups excluding carboxylic acids is 1. The van der Waals surface area contributed by atoms with Crippen molar-refractivity contribution >= 4 is 22.5 Å². The van der Waals surface area contributed by atoms with Gasteiger partial charge >= 0.3 is 0 Å². The molecule has 0 saturated carbocycles. The number of amides is 1. The second-order valence-electron chi connectivity index (χ2n) is 10.7. The number of likely N-dealkylation sites (tertiary alicyclic amines) is 1. The largest absolute Gasteiger partial charge is 0.497 e. The lowest BCUT2D eigenvalue weighted by molar-refractivity contribution is -0.118. The maximum absolute atomic E-state index is 12.1. The van der Waals surface area contributed by atoms with E-state index in [9.17, 15) is 4.79 Å². The number of fused-ring (bicyclic) bond motifs is 1. The second kappa shape index (κ2) is 11.9. The number of benzene rings is 3. The van der Waals surface area contributed by atoms with Gasteiger partial charge in [0.2, 0.25) is 5.91 Å². The molecule has 0 unspecified atom stereocenters. The highest BCUT2D eigenvalue weighted by molar-refractivity contribution is 5.92. The highest BCUT2D eigenvalue weighted by atomic mass is 16.5. The molecule has 38 heavy (non-hydrogen) atoms. The zero-order valence-electron chi connectivity index (χ0n) is 22.8. The van der Waals surface area contributed by atoms with Crippen LogP contribution in [0.15, 0.2) is 72.8 Å². The highest BCUT2D eigenvalue weighted by Gasteiger charge is 2.21. The monoisotopic (exact) mass is 509 g/mol. The van der Waals surface area contributed by atoms with Gasteiger partial charge in [-0.1, -0.05) is 56.3 Å². The average Bonchev–Trinajstić information content (AvgIpc) is 3.31. The van der Waals surface area contributed by atoms with Crippen molar-refractivity contribution in [1.82, 2.24) is 9.88 Å². The summed E-state index contributed by atoms with van der Waals surface area (Å²) < 4.78 is 5.53. The Morgan fingerprint density at radius 2 is 1.82 bits per heavy atom. The lowest BCUT2D eigenvalue weighted by Gasteiger charge is -2.32. The van der Waals surface area contributed by atoms with E-state index in [1.165, 1.54) is 27.8 Å². The van der Waals surface area contributed by atoms with Crippen LogP contribution in [0.5, 0.6) is 5.75 Å². The Labute approximate surface area is 226 Å². The van der Waals surface area contributed by atoms with E-state index in [-0.39, 0.29) is 11.8 Å². The van der Waals surface area contributed by atoms with Gasteiger partial charge in [0.05, 0.1) is 7.11 Å². The molecular formula is C33H39N3O2. The number of rotatable bonds is 9. The van der Waals surface area contributed by atoms with Crippen molar-refractivity contribution in [2.45, 2.75) is 45.4 Å². The van der Waals surface area contributed by atoms with Gasteiger partial charge < -0.3 is 19.9 Å². The normalized spacial score (nSPS) is 14.7. The zero-order valence-corrected chi connectivity index (χ0v) is 22.8. The molecule has 0 bridgehead atoms. The van der Waals surface area contributed by atoms with Gasteiger partial charge in [-0.25, -0.2) is 0 Å². The molecule has 0 atom stereocenters. The fourth-order valence-electron chi connectivity index (χ4n) is 5.59. The minimum absolute atomic E-state index is 0.0167. The molecule has 1 aliphatic rings. The van der Waals surface area contributed by atoms with Gasteiger partial charge in [-0.2, -0.15) is 0 Å². The Morgan fingerprint density at radius 3 is 2.55 bits per heavy atom. The molecule has 5 heteroatoms. The molecular weight excluding hydrogens is 470 g/mol. The van der Waals surface area contributed by atoms with Crippen LogP contribution >= 0.6 is 0 Å². The molecule has 198 valence electrons. The molecule has 0 radical (unpaired) electrons. The van der Waals surface area contributed by atoms with E-state index in [0.29, 0.717) is 5.92 Å². The van der Waals surface area contributed by atoms with Gasteiger partial charge in [-0.05, 0) is 98.3 Å². The van der Waals surface area contributed by atoms with Gasteiger partial charge in [-0.15, -0.1) is 0 Å². The number of H-pyrrole nitrogens is 1. The summed E-state index contributed by atoms with van der Waals surface area (Å²) in [5, 5.41) is 4.30. The number of aromatic amines is 1. The molecule has 1 saturated heterocycles. The molecule has 1 fully saturated rings. The molecule has 0 aliphatic carbocycles. The zero-order chi connectivity index (χ0) is 26.5. The van der Waals surface area contributed by atoms with E-state index in [1.807, 2.05) is 26.0 Å². The van der Waals surface area contributed by atoms with Crippen molar-refractivity contribution in [2.75, 3.05) is 32.1 Å². The summed E-state index contributed by atoms with van der Waals surface area (Å²) in [5.74, 6) is 1.50. The molecule has 4 aromatic rings. The first kappa shape index (κ1) is 26.1. The number of aromatic nitrogens is 1. The first-order valence-corrected chi connectivity index (χ1v) is 13.9. The summed E-state index contributed by atoms with van der Waals surface area (Å²) in [6, 6.07) is 25.4. The van der Waals surface area contributed by atoms with E-state index in [4.69, 9.17) is 4.74 Å². The SMILES string of the molecule is COc1ccc2[nH]c(-c3ccccc3)c(CCCN3CCC(c4cccc(NC(=O)C(C)C)c4)CC3)c2c1. The molecule has 3 aromatic carbocycles. The summed E-state index contributed by atoms with van der Waals surface area (Å²) in [6.07, 6.45) is 4.45. The number of aryl methyl sites for hydroxylation is 1. The number of anilines is 1. The van der Waals surface area contributed by atoms with E-state index in [1.54, 1.807) is 7.11 Å². The van der Waals surface area contributed by atoms with Crippen LogP contribution in [-0.2, 0) is 11.2 Å². The Morgan fingerprint density at radius 1 is 1.03 bits per heavy atom. The molecule has 2 N–H and O–H groups in total. The van der Waals surface area contributed by atoms with E-state index in [2.05, 4.69) is 75.9 Å². The van der Waals surface area contributed by atoms with Gasteiger partial charge in [0.25, 0.3) is 0 Å². The number of hydrogen-bond acceptors (Lipinski definition) is 3. The van der Waals surface area contributed by atoms with Crippen LogP contribution in [-0.4, -0.2) is 42.5 Å². The van der Waals surface area contributed by atoms with Crippen molar-refractivity contribution in [3.05, 3.63) is 83.9 Å². The van der Waals surface area contributed by atoms with Crippen LogP contribution < -0.4 is 10.1 Å². The first-order valence-electron chi connectivity index (χ1n) is 13.9. The molecule has 1 aromatic heterocycles. The molecule has 1 aliphatic heterocycles. The molecule has 1 amide bonds. The minimum atomic E-state index is -0.0167. The topological polar surface area (TPSA) is 57.4 Å². The van der Waals surface area contributed by atoms with Gasteiger partial charge in [0.1, 0.15) is 5.75 Å². The predicted molar refractivity (Wildman–Crippen MR) is 157 cm³/mol. The van der Waals surface area contributed by atoms with Crippen molar-refractivity contribution in [2.24, 2.45) is 5.92 Å². The summed E-state index contributed by atoms with van der Waals surface area (Å²) in [6.45, 7) is 7.17. The molecule has 2 heterocycles. The second-order valence-corrected chi connectivity index (χ2v) is 10.7. The van der Waals surface area contributed by atoms with Crippen LogP contribution in [0.1, 0.15) is 50.2 Å². The quantitative estimate of drug-likeness (QED) is 0.250. The third-order valence-corrected chi connectivity index (χ3v) is 7.81. The minimum Gasteiger partial charge on any atom is -0.497 e. The average molecular weight is 510 g/mol. The smallest absolute Gasteiger partial charge is 0.226 e. The van der Waals surface area contributed by atoms with Crippen LogP contribution in [0.2, 0.25) is 0 Å². The lowest BCUT2D eigenvalue weighted by Crippen LogP contribution is -2.33. The van der Waals surface area contributed by atoms with Crippen LogP contribution in [0.25, 0.3) is 22.2 Å². The fraction of sp³-hybridized carbons (Fsp3) is 0.364. The number of piperidine rings is 1. The maximum atomic E-state index is 12.1. The van der Waals surface area contributed by atoms with Gasteiger partial charge in [0, 0.05) is 28.2 Å². The number of nitrogens with one attached hydrogen (secondary N) is 2. The van der Waals surface area contributed by atoms with Crippen LogP contribution in [0.4, 0.5) is 5.69 Å². The van der Waals surface area contributed by atoms with Crippen LogP contribution in [0, 0.1) is 5.92 Å². The summed E-state index contributed by atoms with van der Waals surface area (Å²) >= 11 is 0. The van der Waals surface area contributed by atoms with Gasteiger partial charge in [-0.3, -0.25) is 4.79 Å². The van der Waals surface area contributed by atoms with E-state index >= 15 is 0 Å². The number of nitrogens with zero attached hydrogens (tertiary/aromatic N) is 1. The summed E-state index contributed by atoms with van der Waals surface area (Å²) in [4.78, 5) is 18.4. The summed E-state index contributed by atoms with van der Waals surface area (Å²) in [5.41, 5.74) is 7.23. The molecule has 5 nitrogen and oxygen atoms in total. The van der Waals surface area contributed by atoms with Gasteiger partial charge in [0.15, 0.2) is 0 Å². The van der Waals surface area contributed by atoms with E-state index in [0.717, 1.165) is 62.3 Å². The fourth-order valence-corrected chi connectivity index (χ4v) is 5.59. The Balaban J connectivity index is 1.21. The lowest BCUT2D eigenvalue weighted by atomic mass is 9.89. The first-order chi connectivity index (χ1) is 18.5. The van der Waals surface area contributed by atoms with Crippen molar-refractivity contribution in [3.8, 4) is 17.0 Å². The maximum Gasteiger partial charge on any atom is 0.226 e. The third-order valence-electron chi connectivity index (χ3n) is 7.81. The molecule has 5 rings (SSSR count). The molecule has 0 spiro atoms. The van der Waals surface area contributed by atoms with Crippen molar-refractivity contribution < 1.29 is 9.53 Å². The Kier molecular flexibility index (Phi) is 8.14. The van der Waals surface area contributed by atoms with Crippen LogP contribution in [0.3, 0.4) is 0 Å². The predicted octanol–water partition coefficient (Wildman–Crippen LogP) is 7.25. The Hall–Kier alpha value is -3.57. The van der Waals surface area contributed by atoms with Crippen molar-refractivity contribution in [3.63, 3.8) is 0 Å². The van der Waals surface area contributed by atoms with Crippen molar-refractivity contribution in [1.29, 1.82) is 0 Å². The highest BCUT2D eigenvalue weighted by Crippen LogP contribution is 2.34. The number of ether oxygens (including phenoxy) is 1. The number of carbonyl (C=O) groups is 1. The number of methoxy groups -OCH3 is 1. The summed E-state index contributed by atoms with van der Waals surface area (Å²) in [7, 11) is 1.73.